The number of anilines is 3. The van der Waals surface area contributed by atoms with Crippen molar-refractivity contribution in [3.8, 4) is 0 Å². The molecule has 1 heterocycles. The first kappa shape index (κ1) is 32.3. The molecule has 42 heavy (non-hydrogen) atoms. The van der Waals surface area contributed by atoms with Crippen LogP contribution < -0.4 is 14.9 Å². The van der Waals surface area contributed by atoms with Crippen molar-refractivity contribution in [3.63, 3.8) is 0 Å². The van der Waals surface area contributed by atoms with E-state index < -0.39 is 25.2 Å². The van der Waals surface area contributed by atoms with Crippen LogP contribution in [0.4, 0.5) is 30.2 Å². The summed E-state index contributed by atoms with van der Waals surface area (Å²) in [5, 5.41) is 0. The summed E-state index contributed by atoms with van der Waals surface area (Å²) in [6, 6.07) is 20.5. The first-order chi connectivity index (χ1) is 19.8. The third-order valence-electron chi connectivity index (χ3n) is 8.23. The Morgan fingerprint density at radius 1 is 0.429 bits per heavy atom. The van der Waals surface area contributed by atoms with Gasteiger partial charge in [0.2, 0.25) is 25.2 Å². The van der Waals surface area contributed by atoms with E-state index in [-0.39, 0.29) is 17.5 Å². The van der Waals surface area contributed by atoms with Crippen LogP contribution >= 0.6 is 0 Å². The highest BCUT2D eigenvalue weighted by atomic mass is 28.4. The van der Waals surface area contributed by atoms with Gasteiger partial charge in [-0.15, -0.1) is 0 Å². The molecule has 1 aliphatic heterocycles. The summed E-state index contributed by atoms with van der Waals surface area (Å²) in [4.78, 5) is 10.7. The van der Waals surface area contributed by atoms with Crippen LogP contribution in [0.3, 0.4) is 0 Å². The minimum Gasteiger partial charge on any atom is -0.396 e. The van der Waals surface area contributed by atoms with E-state index in [9.17, 15) is 13.2 Å². The Hall–Kier alpha value is -2.62. The Bertz CT molecular complexity index is 1170. The van der Waals surface area contributed by atoms with Crippen LogP contribution in [0.15, 0.2) is 72.8 Å². The zero-order valence-electron chi connectivity index (χ0n) is 25.6. The molecule has 3 aromatic carbocycles. The Morgan fingerprint density at radius 2 is 0.643 bits per heavy atom. The smallest absolute Gasteiger partial charge is 0.226 e. The van der Waals surface area contributed by atoms with E-state index in [1.807, 2.05) is 18.2 Å². The third-order valence-corrected chi connectivity index (χ3v) is 17.0. The summed E-state index contributed by atoms with van der Waals surface area (Å²) >= 11 is 0. The molecule has 1 saturated heterocycles. The van der Waals surface area contributed by atoms with Gasteiger partial charge >= 0.3 is 0 Å². The van der Waals surface area contributed by atoms with Crippen LogP contribution in [0.2, 0.25) is 39.3 Å². The zero-order chi connectivity index (χ0) is 30.5. The van der Waals surface area contributed by atoms with Crippen molar-refractivity contribution < 1.29 is 13.2 Å². The lowest BCUT2D eigenvalue weighted by Gasteiger charge is -2.41. The standard InChI is InChI=1S/C30H45F3N6Si3/c1-40(2,34-28-16-10-7-13-25(28)31)37-19-21-38(41(3,4)35-29-17-11-8-14-26(29)32)23-24-39(22-20-37)42(5,6)36-30-18-12-9-15-27(30)33/h7-18,34-36H,19-24H2,1-6H3. The van der Waals surface area contributed by atoms with Crippen molar-refractivity contribution in [3.05, 3.63) is 90.2 Å². The quantitative estimate of drug-likeness (QED) is 0.227. The summed E-state index contributed by atoms with van der Waals surface area (Å²) in [6.07, 6.45) is 0. The van der Waals surface area contributed by atoms with Crippen molar-refractivity contribution in [2.75, 3.05) is 54.2 Å². The zero-order valence-corrected chi connectivity index (χ0v) is 28.6. The Kier molecular flexibility index (Phi) is 10.3. The van der Waals surface area contributed by atoms with Crippen molar-refractivity contribution in [1.29, 1.82) is 0 Å². The summed E-state index contributed by atoms with van der Waals surface area (Å²) in [7, 11) is -7.01. The highest BCUT2D eigenvalue weighted by Crippen LogP contribution is 2.25. The average molecular weight is 631 g/mol. The number of halogens is 3. The number of hydrogen-bond donors (Lipinski definition) is 3. The van der Waals surface area contributed by atoms with Gasteiger partial charge in [-0.2, -0.15) is 0 Å². The molecule has 0 amide bonds. The highest BCUT2D eigenvalue weighted by molar-refractivity contribution is 6.79. The first-order valence-corrected chi connectivity index (χ1v) is 23.5. The van der Waals surface area contributed by atoms with E-state index >= 15 is 0 Å². The lowest BCUT2D eigenvalue weighted by Crippen LogP contribution is -2.61. The fourth-order valence-corrected chi connectivity index (χ4v) is 12.7. The Morgan fingerprint density at radius 3 is 0.857 bits per heavy atom. The van der Waals surface area contributed by atoms with Gasteiger partial charge in [0.25, 0.3) is 0 Å². The summed E-state index contributed by atoms with van der Waals surface area (Å²) in [5.41, 5.74) is 1.57. The monoisotopic (exact) mass is 630 g/mol. The first-order valence-electron chi connectivity index (χ1n) is 14.6. The normalized spacial score (nSPS) is 16.8. The maximum Gasteiger partial charge on any atom is 0.226 e. The van der Waals surface area contributed by atoms with Gasteiger partial charge < -0.3 is 28.6 Å². The molecule has 1 fully saturated rings. The molecule has 0 unspecified atom stereocenters. The van der Waals surface area contributed by atoms with Crippen LogP contribution in [-0.4, -0.2) is 78.2 Å². The molecule has 0 aromatic heterocycles. The lowest BCUT2D eigenvalue weighted by atomic mass is 10.3. The number of benzene rings is 3. The fourth-order valence-electron chi connectivity index (χ4n) is 5.65. The number of nitrogens with zero attached hydrogens (tertiary/aromatic N) is 3. The van der Waals surface area contributed by atoms with Gasteiger partial charge in [-0.3, -0.25) is 0 Å². The molecular weight excluding hydrogens is 586 g/mol. The fraction of sp³-hybridized carbons (Fsp3) is 0.400. The molecule has 1 aliphatic rings. The van der Waals surface area contributed by atoms with Crippen molar-refractivity contribution in [2.45, 2.75) is 39.3 Å². The van der Waals surface area contributed by atoms with E-state index in [2.05, 4.69) is 67.9 Å². The summed E-state index contributed by atoms with van der Waals surface area (Å²) < 4.78 is 51.5. The molecule has 0 bridgehead atoms. The number of para-hydroxylation sites is 3. The van der Waals surface area contributed by atoms with Gasteiger partial charge in [0.05, 0.1) is 17.1 Å². The Balaban J connectivity index is 1.62. The molecule has 0 saturated carbocycles. The molecule has 0 atom stereocenters. The molecule has 228 valence electrons. The molecule has 0 aliphatic carbocycles. The van der Waals surface area contributed by atoms with E-state index in [1.165, 1.54) is 18.2 Å². The lowest BCUT2D eigenvalue weighted by molar-refractivity contribution is 0.367. The topological polar surface area (TPSA) is 45.8 Å². The maximum atomic E-state index is 14.7. The second-order valence-corrected chi connectivity index (χ2v) is 24.5. The van der Waals surface area contributed by atoms with Crippen LogP contribution in [0.1, 0.15) is 0 Å². The van der Waals surface area contributed by atoms with Crippen LogP contribution in [0.25, 0.3) is 0 Å². The van der Waals surface area contributed by atoms with Crippen molar-refractivity contribution >= 4 is 42.3 Å². The third kappa shape index (κ3) is 8.05. The Labute approximate surface area is 252 Å². The van der Waals surface area contributed by atoms with E-state index in [4.69, 9.17) is 0 Å². The molecule has 0 radical (unpaired) electrons. The molecule has 12 heteroatoms. The molecule has 3 N–H and O–H groups in total. The second-order valence-electron chi connectivity index (χ2n) is 12.5. The van der Waals surface area contributed by atoms with Crippen LogP contribution in [0, 0.1) is 17.5 Å². The second kappa shape index (κ2) is 13.4. The molecule has 6 nitrogen and oxygen atoms in total. The predicted octanol–water partition coefficient (Wildman–Crippen LogP) is 6.77. The highest BCUT2D eigenvalue weighted by Gasteiger charge is 2.39. The molecule has 4 rings (SSSR count). The van der Waals surface area contributed by atoms with E-state index in [0.717, 1.165) is 39.3 Å². The number of nitrogens with one attached hydrogen (secondary N) is 3. The number of rotatable bonds is 9. The minimum absolute atomic E-state index is 0.254. The average Bonchev–Trinajstić information content (AvgIpc) is 3.04. The van der Waals surface area contributed by atoms with Gasteiger partial charge in [-0.25, -0.2) is 13.2 Å². The number of hydrogen-bond acceptors (Lipinski definition) is 6. The SMILES string of the molecule is C[Si](C)(Nc1ccccc1F)N1CCN([Si](C)(C)Nc2ccccc2F)CCN([Si](C)(C)Nc2ccccc2F)CC1. The predicted molar refractivity (Wildman–Crippen MR) is 177 cm³/mol. The molecular formula is C30H45F3N6Si3. The summed E-state index contributed by atoms with van der Waals surface area (Å²) in [6.45, 7) is 18.1. The van der Waals surface area contributed by atoms with Gasteiger partial charge in [-0.05, 0) is 75.7 Å². The minimum atomic E-state index is -2.34. The van der Waals surface area contributed by atoms with Crippen LogP contribution in [-0.2, 0) is 0 Å². The van der Waals surface area contributed by atoms with Gasteiger partial charge in [0.15, 0.2) is 0 Å². The van der Waals surface area contributed by atoms with E-state index in [0.29, 0.717) is 17.1 Å². The maximum absolute atomic E-state index is 14.7. The largest absolute Gasteiger partial charge is 0.396 e. The van der Waals surface area contributed by atoms with Crippen molar-refractivity contribution in [2.24, 2.45) is 0 Å². The molecule has 0 spiro atoms. The van der Waals surface area contributed by atoms with Gasteiger partial charge in [-0.1, -0.05) is 36.4 Å². The van der Waals surface area contributed by atoms with Gasteiger partial charge in [0.1, 0.15) is 17.5 Å². The van der Waals surface area contributed by atoms with E-state index in [1.54, 1.807) is 36.4 Å². The molecule has 3 aromatic rings. The van der Waals surface area contributed by atoms with Crippen LogP contribution in [0.5, 0.6) is 0 Å². The van der Waals surface area contributed by atoms with Gasteiger partial charge in [0, 0.05) is 39.3 Å². The van der Waals surface area contributed by atoms with Crippen molar-refractivity contribution in [1.82, 2.24) is 13.7 Å². The summed E-state index contributed by atoms with van der Waals surface area (Å²) in [5.74, 6) is -0.762.